The highest BCUT2D eigenvalue weighted by molar-refractivity contribution is 5.74. The molecule has 3 rings (SSSR count). The maximum absolute atomic E-state index is 13.3. The molecule has 0 amide bonds. The molecule has 0 unspecified atom stereocenters. The fourth-order valence-electron chi connectivity index (χ4n) is 2.31. The second kappa shape index (κ2) is 7.08. The maximum atomic E-state index is 13.3. The van der Waals surface area contributed by atoms with Crippen LogP contribution in [0.4, 0.5) is 4.39 Å². The predicted molar refractivity (Wildman–Crippen MR) is 87.7 cm³/mol. The van der Waals surface area contributed by atoms with E-state index in [2.05, 4.69) is 4.98 Å². The van der Waals surface area contributed by atoms with E-state index in [9.17, 15) is 9.18 Å². The molecule has 0 saturated carbocycles. The van der Waals surface area contributed by atoms with Gasteiger partial charge in [-0.15, -0.1) is 0 Å². The van der Waals surface area contributed by atoms with Crippen LogP contribution in [0.25, 0.3) is 11.5 Å². The van der Waals surface area contributed by atoms with E-state index in [0.29, 0.717) is 41.6 Å². The van der Waals surface area contributed by atoms with E-state index >= 15 is 0 Å². The second-order valence-corrected chi connectivity index (χ2v) is 5.32. The van der Waals surface area contributed by atoms with Crippen LogP contribution in [-0.4, -0.2) is 17.9 Å². The van der Waals surface area contributed by atoms with Gasteiger partial charge in [0.25, 0.3) is 0 Å². The number of rotatable bonds is 6. The molecule has 0 radical (unpaired) electrons. The van der Waals surface area contributed by atoms with E-state index in [1.807, 2.05) is 6.92 Å². The first-order chi connectivity index (χ1) is 11.7. The summed E-state index contributed by atoms with van der Waals surface area (Å²) >= 11 is 0. The molecule has 0 atom stereocenters. The van der Waals surface area contributed by atoms with E-state index in [-0.39, 0.29) is 5.82 Å². The minimum absolute atomic E-state index is 0.327. The lowest BCUT2D eigenvalue weighted by Crippen LogP contribution is -2.02. The maximum Gasteiger partial charge on any atom is 0.226 e. The molecule has 0 spiro atoms. The third-order valence-electron chi connectivity index (χ3n) is 3.59. The van der Waals surface area contributed by atoms with Crippen molar-refractivity contribution in [1.82, 2.24) is 4.98 Å². The first kappa shape index (κ1) is 15.9. The number of hydrogen-bond acceptors (Lipinski definition) is 4. The monoisotopic (exact) mass is 325 g/mol. The average molecular weight is 325 g/mol. The van der Waals surface area contributed by atoms with Gasteiger partial charge in [0.05, 0.1) is 12.3 Å². The summed E-state index contributed by atoms with van der Waals surface area (Å²) < 4.78 is 24.6. The standard InChI is InChI=1S/C19H16FNO3/c1-13-18(9-10-23-17-7-5-14(12-22)6-8-17)21-19(24-13)15-3-2-4-16(20)11-15/h2-8,11-12H,9-10H2,1H3. The molecule has 1 aromatic heterocycles. The molecule has 2 aromatic carbocycles. The average Bonchev–Trinajstić information content (AvgIpc) is 2.97. The molecule has 0 fully saturated rings. The van der Waals surface area contributed by atoms with Gasteiger partial charge in [0.1, 0.15) is 23.6 Å². The highest BCUT2D eigenvalue weighted by Crippen LogP contribution is 2.23. The Bertz CT molecular complexity index is 840. The van der Waals surface area contributed by atoms with Crippen molar-refractivity contribution >= 4 is 6.29 Å². The first-order valence-electron chi connectivity index (χ1n) is 7.56. The number of aldehydes is 1. The van der Waals surface area contributed by atoms with Gasteiger partial charge < -0.3 is 9.15 Å². The zero-order valence-electron chi connectivity index (χ0n) is 13.2. The third-order valence-corrected chi connectivity index (χ3v) is 3.59. The molecule has 3 aromatic rings. The predicted octanol–water partition coefficient (Wildman–Crippen LogP) is 4.22. The lowest BCUT2D eigenvalue weighted by Gasteiger charge is -2.04. The Balaban J connectivity index is 1.64. The van der Waals surface area contributed by atoms with Gasteiger partial charge in [-0.3, -0.25) is 4.79 Å². The molecule has 0 N–H and O–H groups in total. The second-order valence-electron chi connectivity index (χ2n) is 5.32. The van der Waals surface area contributed by atoms with Gasteiger partial charge >= 0.3 is 0 Å². The highest BCUT2D eigenvalue weighted by Gasteiger charge is 2.12. The van der Waals surface area contributed by atoms with Gasteiger partial charge in [0, 0.05) is 17.5 Å². The lowest BCUT2D eigenvalue weighted by atomic mass is 10.2. The summed E-state index contributed by atoms with van der Waals surface area (Å²) in [6.07, 6.45) is 1.36. The van der Waals surface area contributed by atoms with Crippen LogP contribution in [-0.2, 0) is 6.42 Å². The van der Waals surface area contributed by atoms with Crippen LogP contribution in [0, 0.1) is 12.7 Å². The fourth-order valence-corrected chi connectivity index (χ4v) is 2.31. The van der Waals surface area contributed by atoms with Crippen molar-refractivity contribution in [2.24, 2.45) is 0 Å². The van der Waals surface area contributed by atoms with Gasteiger partial charge in [-0.25, -0.2) is 9.37 Å². The van der Waals surface area contributed by atoms with Crippen molar-refractivity contribution in [1.29, 1.82) is 0 Å². The smallest absolute Gasteiger partial charge is 0.226 e. The minimum atomic E-state index is -0.327. The van der Waals surface area contributed by atoms with E-state index in [4.69, 9.17) is 9.15 Å². The number of aromatic nitrogens is 1. The molecule has 0 aliphatic heterocycles. The number of benzene rings is 2. The van der Waals surface area contributed by atoms with Crippen LogP contribution in [0.2, 0.25) is 0 Å². The van der Waals surface area contributed by atoms with Crippen LogP contribution in [0.5, 0.6) is 5.75 Å². The van der Waals surface area contributed by atoms with Crippen LogP contribution in [0.1, 0.15) is 21.8 Å². The molecule has 4 nitrogen and oxygen atoms in total. The van der Waals surface area contributed by atoms with E-state index in [1.165, 1.54) is 12.1 Å². The third kappa shape index (κ3) is 3.68. The Morgan fingerprint density at radius 2 is 2.00 bits per heavy atom. The van der Waals surface area contributed by atoms with Crippen molar-refractivity contribution in [3.63, 3.8) is 0 Å². The highest BCUT2D eigenvalue weighted by atomic mass is 19.1. The van der Waals surface area contributed by atoms with Crippen LogP contribution >= 0.6 is 0 Å². The quantitative estimate of drug-likeness (QED) is 0.637. The van der Waals surface area contributed by atoms with Crippen LogP contribution in [0.15, 0.2) is 52.9 Å². The minimum Gasteiger partial charge on any atom is -0.493 e. The molecule has 122 valence electrons. The van der Waals surface area contributed by atoms with Crippen molar-refractivity contribution in [2.75, 3.05) is 6.61 Å². The van der Waals surface area contributed by atoms with Crippen molar-refractivity contribution in [2.45, 2.75) is 13.3 Å². The number of hydrogen-bond donors (Lipinski definition) is 0. The summed E-state index contributed by atoms with van der Waals surface area (Å²) in [5.41, 5.74) is 1.99. The Kier molecular flexibility index (Phi) is 4.70. The SMILES string of the molecule is Cc1oc(-c2cccc(F)c2)nc1CCOc1ccc(C=O)cc1. The van der Waals surface area contributed by atoms with Crippen molar-refractivity contribution in [3.05, 3.63) is 71.4 Å². The molecule has 5 heteroatoms. The molecule has 0 aliphatic carbocycles. The van der Waals surface area contributed by atoms with Gasteiger partial charge in [0.2, 0.25) is 5.89 Å². The normalized spacial score (nSPS) is 10.6. The molecular formula is C19H16FNO3. The number of nitrogens with zero attached hydrogens (tertiary/aromatic N) is 1. The lowest BCUT2D eigenvalue weighted by molar-refractivity contribution is 0.112. The van der Waals surface area contributed by atoms with E-state index < -0.39 is 0 Å². The molecular weight excluding hydrogens is 309 g/mol. The largest absolute Gasteiger partial charge is 0.493 e. The Hall–Kier alpha value is -2.95. The number of ether oxygens (including phenoxy) is 1. The summed E-state index contributed by atoms with van der Waals surface area (Å²) in [7, 11) is 0. The van der Waals surface area contributed by atoms with Gasteiger partial charge in [-0.2, -0.15) is 0 Å². The summed E-state index contributed by atoms with van der Waals surface area (Å²) in [6, 6.07) is 13.0. The van der Waals surface area contributed by atoms with Gasteiger partial charge in [-0.1, -0.05) is 6.07 Å². The van der Waals surface area contributed by atoms with E-state index in [0.717, 1.165) is 12.0 Å². The summed E-state index contributed by atoms with van der Waals surface area (Å²) in [5, 5.41) is 0. The Labute approximate surface area is 138 Å². The fraction of sp³-hybridized carbons (Fsp3) is 0.158. The van der Waals surface area contributed by atoms with Crippen molar-refractivity contribution in [3.8, 4) is 17.2 Å². The first-order valence-corrected chi connectivity index (χ1v) is 7.56. The summed E-state index contributed by atoms with van der Waals surface area (Å²) in [4.78, 5) is 15.0. The molecule has 1 heterocycles. The zero-order chi connectivity index (χ0) is 16.9. The number of oxazole rings is 1. The topological polar surface area (TPSA) is 52.3 Å². The van der Waals surface area contributed by atoms with E-state index in [1.54, 1.807) is 36.4 Å². The molecule has 0 bridgehead atoms. The van der Waals surface area contributed by atoms with Gasteiger partial charge in [0.15, 0.2) is 0 Å². The number of aryl methyl sites for hydroxylation is 1. The molecule has 0 aliphatic rings. The van der Waals surface area contributed by atoms with Gasteiger partial charge in [-0.05, 0) is 49.4 Å². The zero-order valence-corrected chi connectivity index (χ0v) is 13.2. The number of carbonyl (C=O) groups is 1. The summed E-state index contributed by atoms with van der Waals surface area (Å²) in [5.74, 6) is 1.45. The number of carbonyl (C=O) groups excluding carboxylic acids is 1. The van der Waals surface area contributed by atoms with Crippen molar-refractivity contribution < 1.29 is 18.3 Å². The van der Waals surface area contributed by atoms with Crippen LogP contribution in [0.3, 0.4) is 0 Å². The number of halogens is 1. The Morgan fingerprint density at radius 1 is 1.21 bits per heavy atom. The Morgan fingerprint density at radius 3 is 2.71 bits per heavy atom. The molecule has 0 saturated heterocycles. The summed E-state index contributed by atoms with van der Waals surface area (Å²) in [6.45, 7) is 2.25. The molecule has 24 heavy (non-hydrogen) atoms. The van der Waals surface area contributed by atoms with Crippen LogP contribution < -0.4 is 4.74 Å².